The average molecular weight is 366 g/mol. The standard InChI is InChI=1S/C18H18BrClO/c19-12-18(9-4-10-18)13-21-17-8-7-15(11-16(17)20)14-5-2-1-3-6-14/h1-3,5-8,11H,4,9-10,12-13H2. The molecule has 2 aromatic carbocycles. The lowest BCUT2D eigenvalue weighted by atomic mass is 9.71. The second kappa shape index (κ2) is 6.41. The molecule has 0 aromatic heterocycles. The molecule has 0 N–H and O–H groups in total. The maximum Gasteiger partial charge on any atom is 0.137 e. The third-order valence-corrected chi connectivity index (χ3v) is 5.76. The van der Waals surface area contributed by atoms with E-state index in [1.54, 1.807) is 0 Å². The molecule has 1 fully saturated rings. The fourth-order valence-electron chi connectivity index (χ4n) is 2.65. The molecule has 1 saturated carbocycles. The third-order valence-electron chi connectivity index (χ3n) is 4.27. The number of hydrogen-bond donors (Lipinski definition) is 0. The fourth-order valence-corrected chi connectivity index (χ4v) is 3.61. The Morgan fingerprint density at radius 3 is 2.38 bits per heavy atom. The van der Waals surface area contributed by atoms with Crippen molar-refractivity contribution >= 4 is 27.5 Å². The highest BCUT2D eigenvalue weighted by molar-refractivity contribution is 9.09. The maximum atomic E-state index is 6.38. The molecule has 1 nitrogen and oxygen atoms in total. The Balaban J connectivity index is 1.73. The van der Waals surface area contributed by atoms with Gasteiger partial charge in [0.05, 0.1) is 11.6 Å². The van der Waals surface area contributed by atoms with E-state index < -0.39 is 0 Å². The van der Waals surface area contributed by atoms with Crippen molar-refractivity contribution in [2.24, 2.45) is 5.41 Å². The van der Waals surface area contributed by atoms with Gasteiger partial charge in [0.25, 0.3) is 0 Å². The van der Waals surface area contributed by atoms with Crippen LogP contribution in [0.1, 0.15) is 19.3 Å². The highest BCUT2D eigenvalue weighted by Crippen LogP contribution is 2.43. The highest BCUT2D eigenvalue weighted by Gasteiger charge is 2.36. The molecule has 0 spiro atoms. The minimum atomic E-state index is 0.307. The summed E-state index contributed by atoms with van der Waals surface area (Å²) in [6.07, 6.45) is 3.77. The van der Waals surface area contributed by atoms with E-state index in [1.165, 1.54) is 24.8 Å². The minimum absolute atomic E-state index is 0.307. The second-order valence-electron chi connectivity index (χ2n) is 5.79. The predicted octanol–water partition coefficient (Wildman–Crippen LogP) is 5.95. The molecule has 0 atom stereocenters. The van der Waals surface area contributed by atoms with Crippen LogP contribution >= 0.6 is 27.5 Å². The number of rotatable bonds is 5. The second-order valence-corrected chi connectivity index (χ2v) is 6.76. The first-order valence-corrected chi connectivity index (χ1v) is 8.76. The van der Waals surface area contributed by atoms with Crippen LogP contribution in [0.5, 0.6) is 5.75 Å². The van der Waals surface area contributed by atoms with Crippen LogP contribution in [0, 0.1) is 5.41 Å². The first-order valence-electron chi connectivity index (χ1n) is 7.26. The maximum absolute atomic E-state index is 6.38. The molecular weight excluding hydrogens is 348 g/mol. The van der Waals surface area contributed by atoms with Gasteiger partial charge in [-0.05, 0) is 36.1 Å². The molecule has 3 heteroatoms. The molecule has 0 aliphatic heterocycles. The number of ether oxygens (including phenoxy) is 1. The van der Waals surface area contributed by atoms with E-state index >= 15 is 0 Å². The predicted molar refractivity (Wildman–Crippen MR) is 92.5 cm³/mol. The van der Waals surface area contributed by atoms with Crippen LogP contribution < -0.4 is 4.74 Å². The van der Waals surface area contributed by atoms with Gasteiger partial charge in [-0.2, -0.15) is 0 Å². The largest absolute Gasteiger partial charge is 0.491 e. The van der Waals surface area contributed by atoms with Crippen molar-refractivity contribution in [2.45, 2.75) is 19.3 Å². The monoisotopic (exact) mass is 364 g/mol. The van der Waals surface area contributed by atoms with E-state index in [-0.39, 0.29) is 0 Å². The van der Waals surface area contributed by atoms with Crippen LogP contribution in [0.4, 0.5) is 0 Å². The Morgan fingerprint density at radius 2 is 1.81 bits per heavy atom. The molecule has 0 bridgehead atoms. The SMILES string of the molecule is Clc1cc(-c2ccccc2)ccc1OCC1(CBr)CCC1. The fraction of sp³-hybridized carbons (Fsp3) is 0.333. The minimum Gasteiger partial charge on any atom is -0.491 e. The summed E-state index contributed by atoms with van der Waals surface area (Å²) in [6.45, 7) is 0.739. The molecule has 0 radical (unpaired) electrons. The average Bonchev–Trinajstić information content (AvgIpc) is 2.49. The summed E-state index contributed by atoms with van der Waals surface area (Å²) in [5.74, 6) is 0.781. The van der Waals surface area contributed by atoms with Gasteiger partial charge in [0.2, 0.25) is 0 Å². The van der Waals surface area contributed by atoms with Gasteiger partial charge in [-0.3, -0.25) is 0 Å². The molecule has 21 heavy (non-hydrogen) atoms. The van der Waals surface area contributed by atoms with Crippen LogP contribution in [-0.2, 0) is 0 Å². The molecule has 0 saturated heterocycles. The molecule has 0 unspecified atom stereocenters. The van der Waals surface area contributed by atoms with Crippen molar-refractivity contribution in [3.8, 4) is 16.9 Å². The van der Waals surface area contributed by atoms with Crippen LogP contribution in [0.15, 0.2) is 48.5 Å². The molecule has 1 aliphatic rings. The Labute approximate surface area is 139 Å². The zero-order chi connectivity index (χ0) is 14.7. The van der Waals surface area contributed by atoms with Gasteiger partial charge in [-0.15, -0.1) is 0 Å². The van der Waals surface area contributed by atoms with Crippen molar-refractivity contribution in [3.05, 3.63) is 53.6 Å². The Kier molecular flexibility index (Phi) is 4.56. The topological polar surface area (TPSA) is 9.23 Å². The van der Waals surface area contributed by atoms with E-state index in [0.29, 0.717) is 10.4 Å². The Hall–Kier alpha value is -0.990. The van der Waals surface area contributed by atoms with Gasteiger partial charge in [0.1, 0.15) is 5.75 Å². The quantitative estimate of drug-likeness (QED) is 0.595. The van der Waals surface area contributed by atoms with Crippen molar-refractivity contribution in [1.82, 2.24) is 0 Å². The van der Waals surface area contributed by atoms with Crippen LogP contribution in [0.25, 0.3) is 11.1 Å². The van der Waals surface area contributed by atoms with Crippen LogP contribution in [0.3, 0.4) is 0 Å². The molecule has 110 valence electrons. The van der Waals surface area contributed by atoms with Crippen molar-refractivity contribution < 1.29 is 4.74 Å². The van der Waals surface area contributed by atoms with E-state index in [0.717, 1.165) is 23.2 Å². The van der Waals surface area contributed by atoms with Crippen LogP contribution in [0.2, 0.25) is 5.02 Å². The lowest BCUT2D eigenvalue weighted by Crippen LogP contribution is -2.37. The van der Waals surface area contributed by atoms with Gasteiger partial charge in [-0.25, -0.2) is 0 Å². The molecule has 2 aromatic rings. The first-order chi connectivity index (χ1) is 10.2. The lowest BCUT2D eigenvalue weighted by Gasteiger charge is -2.40. The van der Waals surface area contributed by atoms with E-state index in [2.05, 4.69) is 34.1 Å². The third kappa shape index (κ3) is 3.27. The molecule has 3 rings (SSSR count). The summed E-state index contributed by atoms with van der Waals surface area (Å²) in [6, 6.07) is 16.3. The van der Waals surface area contributed by atoms with Gasteiger partial charge in [-0.1, -0.05) is 70.3 Å². The number of benzene rings is 2. The molecule has 0 amide bonds. The van der Waals surface area contributed by atoms with Crippen LogP contribution in [-0.4, -0.2) is 11.9 Å². The van der Waals surface area contributed by atoms with Gasteiger partial charge >= 0.3 is 0 Å². The zero-order valence-electron chi connectivity index (χ0n) is 11.8. The lowest BCUT2D eigenvalue weighted by molar-refractivity contribution is 0.0839. The van der Waals surface area contributed by atoms with E-state index in [1.807, 2.05) is 30.3 Å². The van der Waals surface area contributed by atoms with Crippen molar-refractivity contribution in [3.63, 3.8) is 0 Å². The Bertz CT molecular complexity index is 602. The highest BCUT2D eigenvalue weighted by atomic mass is 79.9. The molecular formula is C18H18BrClO. The number of alkyl halides is 1. The zero-order valence-corrected chi connectivity index (χ0v) is 14.2. The van der Waals surface area contributed by atoms with E-state index in [4.69, 9.17) is 16.3 Å². The molecule has 0 heterocycles. The summed E-state index contributed by atoms with van der Waals surface area (Å²) in [5, 5.41) is 1.68. The van der Waals surface area contributed by atoms with Crippen molar-refractivity contribution in [2.75, 3.05) is 11.9 Å². The smallest absolute Gasteiger partial charge is 0.137 e. The first kappa shape index (κ1) is 14.9. The molecule has 1 aliphatic carbocycles. The van der Waals surface area contributed by atoms with Gasteiger partial charge < -0.3 is 4.74 Å². The summed E-state index contributed by atoms with van der Waals surface area (Å²) in [7, 11) is 0. The number of halogens is 2. The Morgan fingerprint density at radius 1 is 1.05 bits per heavy atom. The number of hydrogen-bond acceptors (Lipinski definition) is 1. The summed E-state index contributed by atoms with van der Waals surface area (Å²) >= 11 is 9.98. The van der Waals surface area contributed by atoms with Crippen molar-refractivity contribution in [1.29, 1.82) is 0 Å². The van der Waals surface area contributed by atoms with Gasteiger partial charge in [0, 0.05) is 10.7 Å². The summed E-state index contributed by atoms with van der Waals surface area (Å²) in [5.41, 5.74) is 2.59. The van der Waals surface area contributed by atoms with E-state index in [9.17, 15) is 0 Å². The normalized spacial score (nSPS) is 16.3. The van der Waals surface area contributed by atoms with Gasteiger partial charge in [0.15, 0.2) is 0 Å². The summed E-state index contributed by atoms with van der Waals surface area (Å²) in [4.78, 5) is 0. The summed E-state index contributed by atoms with van der Waals surface area (Å²) < 4.78 is 5.96.